The molecule has 21 heavy (non-hydrogen) atoms. The van der Waals surface area contributed by atoms with Crippen molar-refractivity contribution in [1.29, 1.82) is 0 Å². The van der Waals surface area contributed by atoms with Crippen molar-refractivity contribution in [3.8, 4) is 0 Å². The van der Waals surface area contributed by atoms with Crippen LogP contribution in [0.25, 0.3) is 10.8 Å². The summed E-state index contributed by atoms with van der Waals surface area (Å²) in [6.45, 7) is 0. The molecule has 3 rings (SSSR count). The third-order valence-electron chi connectivity index (χ3n) is 3.77. The van der Waals surface area contributed by atoms with Crippen LogP contribution in [0.4, 0.5) is 0 Å². The van der Waals surface area contributed by atoms with Crippen molar-refractivity contribution in [3.05, 3.63) is 82.3 Å². The van der Waals surface area contributed by atoms with Crippen molar-refractivity contribution >= 4 is 26.7 Å². The number of benzene rings is 3. The summed E-state index contributed by atoms with van der Waals surface area (Å²) in [5.74, 6) is 0. The molecule has 1 unspecified atom stereocenters. The Kier molecular flexibility index (Phi) is 4.37. The Morgan fingerprint density at radius 3 is 2.33 bits per heavy atom. The molecule has 0 aliphatic carbocycles. The molecule has 0 aliphatic heterocycles. The van der Waals surface area contributed by atoms with E-state index in [1.807, 2.05) is 0 Å². The molecule has 0 radical (unpaired) electrons. The number of halogens is 1. The van der Waals surface area contributed by atoms with Gasteiger partial charge in [-0.2, -0.15) is 0 Å². The van der Waals surface area contributed by atoms with E-state index in [0.29, 0.717) is 0 Å². The van der Waals surface area contributed by atoms with E-state index in [-0.39, 0.29) is 6.04 Å². The van der Waals surface area contributed by atoms with Gasteiger partial charge in [0, 0.05) is 10.5 Å². The summed E-state index contributed by atoms with van der Waals surface area (Å²) in [4.78, 5) is 0. The van der Waals surface area contributed by atoms with Gasteiger partial charge in [0.1, 0.15) is 0 Å². The molecule has 3 aromatic rings. The molecule has 0 fully saturated rings. The first-order valence-electron chi connectivity index (χ1n) is 7.19. The van der Waals surface area contributed by atoms with Crippen molar-refractivity contribution in [2.24, 2.45) is 5.73 Å². The van der Waals surface area contributed by atoms with Crippen LogP contribution in [0.2, 0.25) is 0 Å². The van der Waals surface area contributed by atoms with E-state index in [1.54, 1.807) is 0 Å². The zero-order chi connectivity index (χ0) is 14.7. The predicted molar refractivity (Wildman–Crippen MR) is 93.5 cm³/mol. The summed E-state index contributed by atoms with van der Waals surface area (Å²) in [5, 5.41) is 2.59. The van der Waals surface area contributed by atoms with E-state index in [2.05, 4.69) is 82.7 Å². The Morgan fingerprint density at radius 2 is 1.52 bits per heavy atom. The smallest absolute Gasteiger partial charge is 0.0175 e. The molecule has 2 heteroatoms. The summed E-state index contributed by atoms with van der Waals surface area (Å²) in [7, 11) is 0. The number of rotatable bonds is 4. The van der Waals surface area contributed by atoms with Gasteiger partial charge in [-0.3, -0.25) is 0 Å². The Hall–Kier alpha value is -1.64. The standard InChI is InChI=1S/C19H18BrN/c20-17-10-8-14(9-11-17)12-18(21)13-16-6-3-5-15-4-1-2-7-19(15)16/h1-11,18H,12-13,21H2. The summed E-state index contributed by atoms with van der Waals surface area (Å²) >= 11 is 3.46. The van der Waals surface area contributed by atoms with Crippen LogP contribution in [-0.2, 0) is 12.8 Å². The summed E-state index contributed by atoms with van der Waals surface area (Å²) in [5.41, 5.74) is 8.97. The third-order valence-corrected chi connectivity index (χ3v) is 4.30. The fourth-order valence-corrected chi connectivity index (χ4v) is 3.01. The summed E-state index contributed by atoms with van der Waals surface area (Å²) in [6, 6.07) is 23.5. The van der Waals surface area contributed by atoms with Gasteiger partial charge in [0.25, 0.3) is 0 Å². The normalized spacial score (nSPS) is 12.5. The second-order valence-corrected chi connectivity index (χ2v) is 6.35. The van der Waals surface area contributed by atoms with Crippen LogP contribution in [0.5, 0.6) is 0 Å². The molecule has 3 aromatic carbocycles. The number of hydrogen-bond acceptors (Lipinski definition) is 1. The van der Waals surface area contributed by atoms with Crippen LogP contribution in [0.15, 0.2) is 71.2 Å². The van der Waals surface area contributed by atoms with E-state index < -0.39 is 0 Å². The van der Waals surface area contributed by atoms with Gasteiger partial charge in [-0.1, -0.05) is 70.5 Å². The first-order valence-corrected chi connectivity index (χ1v) is 7.98. The molecule has 0 bridgehead atoms. The van der Waals surface area contributed by atoms with Crippen molar-refractivity contribution in [3.63, 3.8) is 0 Å². The third kappa shape index (κ3) is 3.52. The molecule has 106 valence electrons. The van der Waals surface area contributed by atoms with Crippen molar-refractivity contribution in [2.75, 3.05) is 0 Å². The van der Waals surface area contributed by atoms with E-state index in [9.17, 15) is 0 Å². The maximum absolute atomic E-state index is 6.36. The van der Waals surface area contributed by atoms with E-state index in [1.165, 1.54) is 21.9 Å². The van der Waals surface area contributed by atoms with Gasteiger partial charge < -0.3 is 5.73 Å². The van der Waals surface area contributed by atoms with Crippen LogP contribution >= 0.6 is 15.9 Å². The van der Waals surface area contributed by atoms with Crippen LogP contribution < -0.4 is 5.73 Å². The van der Waals surface area contributed by atoms with Crippen LogP contribution in [0, 0.1) is 0 Å². The average molecular weight is 340 g/mol. The lowest BCUT2D eigenvalue weighted by Crippen LogP contribution is -2.25. The Bertz CT molecular complexity index is 729. The number of nitrogens with two attached hydrogens (primary N) is 1. The Morgan fingerprint density at radius 1 is 0.810 bits per heavy atom. The first kappa shape index (κ1) is 14.3. The lowest BCUT2D eigenvalue weighted by molar-refractivity contribution is 0.667. The SMILES string of the molecule is NC(Cc1ccc(Br)cc1)Cc1cccc2ccccc12. The largest absolute Gasteiger partial charge is 0.327 e. The van der Waals surface area contributed by atoms with Crippen LogP contribution in [-0.4, -0.2) is 6.04 Å². The second-order valence-electron chi connectivity index (χ2n) is 5.43. The van der Waals surface area contributed by atoms with Gasteiger partial charge in [0.15, 0.2) is 0 Å². The quantitative estimate of drug-likeness (QED) is 0.731. The molecule has 0 heterocycles. The molecule has 0 saturated carbocycles. The molecule has 0 aromatic heterocycles. The van der Waals surface area contributed by atoms with Gasteiger partial charge in [0.2, 0.25) is 0 Å². The summed E-state index contributed by atoms with van der Waals surface area (Å²) in [6.07, 6.45) is 1.80. The van der Waals surface area contributed by atoms with Crippen LogP contribution in [0.1, 0.15) is 11.1 Å². The molecule has 2 N–H and O–H groups in total. The second kappa shape index (κ2) is 6.42. The molecular formula is C19H18BrN. The highest BCUT2D eigenvalue weighted by molar-refractivity contribution is 9.10. The zero-order valence-corrected chi connectivity index (χ0v) is 13.4. The molecule has 0 saturated heterocycles. The fourth-order valence-electron chi connectivity index (χ4n) is 2.75. The zero-order valence-electron chi connectivity index (χ0n) is 11.8. The highest BCUT2D eigenvalue weighted by Crippen LogP contribution is 2.20. The minimum atomic E-state index is 0.136. The minimum absolute atomic E-state index is 0.136. The average Bonchev–Trinajstić information content (AvgIpc) is 2.50. The monoisotopic (exact) mass is 339 g/mol. The Balaban J connectivity index is 1.77. The molecule has 1 atom stereocenters. The molecule has 0 spiro atoms. The van der Waals surface area contributed by atoms with E-state index in [4.69, 9.17) is 5.73 Å². The summed E-state index contributed by atoms with van der Waals surface area (Å²) < 4.78 is 1.11. The van der Waals surface area contributed by atoms with Crippen LogP contribution in [0.3, 0.4) is 0 Å². The Labute approximate surface area is 133 Å². The minimum Gasteiger partial charge on any atom is -0.327 e. The van der Waals surface area contributed by atoms with Gasteiger partial charge in [-0.15, -0.1) is 0 Å². The maximum atomic E-state index is 6.36. The van der Waals surface area contributed by atoms with Gasteiger partial charge in [0.05, 0.1) is 0 Å². The highest BCUT2D eigenvalue weighted by atomic mass is 79.9. The molecule has 0 amide bonds. The maximum Gasteiger partial charge on any atom is 0.0175 e. The molecular weight excluding hydrogens is 322 g/mol. The highest BCUT2D eigenvalue weighted by Gasteiger charge is 2.08. The van der Waals surface area contributed by atoms with Crippen molar-refractivity contribution < 1.29 is 0 Å². The van der Waals surface area contributed by atoms with Gasteiger partial charge in [-0.05, 0) is 46.9 Å². The lowest BCUT2D eigenvalue weighted by Gasteiger charge is -2.14. The van der Waals surface area contributed by atoms with Gasteiger partial charge in [-0.25, -0.2) is 0 Å². The van der Waals surface area contributed by atoms with E-state index in [0.717, 1.165) is 17.3 Å². The van der Waals surface area contributed by atoms with Crippen molar-refractivity contribution in [2.45, 2.75) is 18.9 Å². The number of fused-ring (bicyclic) bond motifs is 1. The molecule has 0 aliphatic rings. The van der Waals surface area contributed by atoms with Gasteiger partial charge >= 0.3 is 0 Å². The van der Waals surface area contributed by atoms with Crippen molar-refractivity contribution in [1.82, 2.24) is 0 Å². The lowest BCUT2D eigenvalue weighted by atomic mass is 9.96. The first-order chi connectivity index (χ1) is 10.2. The van der Waals surface area contributed by atoms with E-state index >= 15 is 0 Å². The molecule has 1 nitrogen and oxygen atoms in total. The number of hydrogen-bond donors (Lipinski definition) is 1. The predicted octanol–water partition coefficient (Wildman–Crippen LogP) is 4.71. The fraction of sp³-hybridized carbons (Fsp3) is 0.158. The topological polar surface area (TPSA) is 26.0 Å².